The van der Waals surface area contributed by atoms with Gasteiger partial charge in [0.2, 0.25) is 0 Å². The first-order valence-electron chi connectivity index (χ1n) is 6.52. The van der Waals surface area contributed by atoms with Gasteiger partial charge in [0.05, 0.1) is 6.10 Å². The highest BCUT2D eigenvalue weighted by atomic mass is 16.5. The SMILES string of the molecule is CCC(=O)OC(C)c1ccc(OC(C)CC)cc1. The molecular weight excluding hydrogens is 228 g/mol. The van der Waals surface area contributed by atoms with E-state index in [2.05, 4.69) is 6.92 Å². The second-order valence-corrected chi connectivity index (χ2v) is 4.39. The average molecular weight is 250 g/mol. The molecule has 0 fully saturated rings. The molecule has 0 saturated heterocycles. The highest BCUT2D eigenvalue weighted by Crippen LogP contribution is 2.21. The number of carbonyl (C=O) groups excluding carboxylic acids is 1. The predicted molar refractivity (Wildman–Crippen MR) is 71.6 cm³/mol. The van der Waals surface area contributed by atoms with Gasteiger partial charge in [0.25, 0.3) is 0 Å². The van der Waals surface area contributed by atoms with Crippen molar-refractivity contribution in [3.05, 3.63) is 29.8 Å². The van der Waals surface area contributed by atoms with Crippen LogP contribution in [0.25, 0.3) is 0 Å². The van der Waals surface area contributed by atoms with Crippen LogP contribution in [-0.4, -0.2) is 12.1 Å². The van der Waals surface area contributed by atoms with Gasteiger partial charge in [-0.15, -0.1) is 0 Å². The van der Waals surface area contributed by atoms with E-state index in [9.17, 15) is 4.79 Å². The lowest BCUT2D eigenvalue weighted by Crippen LogP contribution is -2.10. The van der Waals surface area contributed by atoms with Crippen molar-refractivity contribution in [3.63, 3.8) is 0 Å². The molecule has 0 aliphatic carbocycles. The number of carbonyl (C=O) groups is 1. The maximum absolute atomic E-state index is 11.2. The zero-order valence-corrected chi connectivity index (χ0v) is 11.6. The molecule has 0 spiro atoms. The molecule has 0 amide bonds. The van der Waals surface area contributed by atoms with Gasteiger partial charge in [0, 0.05) is 6.42 Å². The first kappa shape index (κ1) is 14.6. The minimum atomic E-state index is -0.213. The minimum absolute atomic E-state index is 0.178. The van der Waals surface area contributed by atoms with Gasteiger partial charge in [0.1, 0.15) is 11.9 Å². The van der Waals surface area contributed by atoms with Crippen LogP contribution in [0, 0.1) is 0 Å². The fourth-order valence-corrected chi connectivity index (χ4v) is 1.48. The van der Waals surface area contributed by atoms with Crippen molar-refractivity contribution < 1.29 is 14.3 Å². The van der Waals surface area contributed by atoms with E-state index < -0.39 is 0 Å². The summed E-state index contributed by atoms with van der Waals surface area (Å²) in [7, 11) is 0. The molecule has 3 nitrogen and oxygen atoms in total. The van der Waals surface area contributed by atoms with Gasteiger partial charge in [-0.05, 0) is 38.0 Å². The van der Waals surface area contributed by atoms with Gasteiger partial charge in [-0.2, -0.15) is 0 Å². The van der Waals surface area contributed by atoms with Crippen LogP contribution in [-0.2, 0) is 9.53 Å². The molecule has 2 unspecified atom stereocenters. The maximum Gasteiger partial charge on any atom is 0.306 e. The molecular formula is C15H22O3. The summed E-state index contributed by atoms with van der Waals surface area (Å²) in [6.45, 7) is 7.79. The van der Waals surface area contributed by atoms with Crippen molar-refractivity contribution in [2.75, 3.05) is 0 Å². The molecule has 1 rings (SSSR count). The van der Waals surface area contributed by atoms with Gasteiger partial charge < -0.3 is 9.47 Å². The molecule has 0 radical (unpaired) electrons. The van der Waals surface area contributed by atoms with Crippen LogP contribution in [0.5, 0.6) is 5.75 Å². The topological polar surface area (TPSA) is 35.5 Å². The van der Waals surface area contributed by atoms with Crippen molar-refractivity contribution in [2.24, 2.45) is 0 Å². The van der Waals surface area contributed by atoms with E-state index in [1.807, 2.05) is 38.1 Å². The van der Waals surface area contributed by atoms with E-state index in [-0.39, 0.29) is 18.2 Å². The third kappa shape index (κ3) is 4.40. The van der Waals surface area contributed by atoms with Crippen molar-refractivity contribution >= 4 is 5.97 Å². The Balaban J connectivity index is 2.61. The van der Waals surface area contributed by atoms with Crippen molar-refractivity contribution in [3.8, 4) is 5.75 Å². The molecule has 0 aliphatic rings. The van der Waals surface area contributed by atoms with Gasteiger partial charge in [0.15, 0.2) is 0 Å². The number of benzene rings is 1. The van der Waals surface area contributed by atoms with E-state index in [1.165, 1.54) is 0 Å². The summed E-state index contributed by atoms with van der Waals surface area (Å²) in [6.07, 6.45) is 1.38. The lowest BCUT2D eigenvalue weighted by atomic mass is 10.1. The number of esters is 1. The first-order valence-corrected chi connectivity index (χ1v) is 6.52. The molecule has 0 bridgehead atoms. The number of hydrogen-bond acceptors (Lipinski definition) is 3. The van der Waals surface area contributed by atoms with Crippen LogP contribution >= 0.6 is 0 Å². The summed E-state index contributed by atoms with van der Waals surface area (Å²) in [5, 5.41) is 0. The monoisotopic (exact) mass is 250 g/mol. The number of ether oxygens (including phenoxy) is 2. The van der Waals surface area contributed by atoms with Gasteiger partial charge >= 0.3 is 5.97 Å². The lowest BCUT2D eigenvalue weighted by Gasteiger charge is -2.15. The van der Waals surface area contributed by atoms with Crippen LogP contribution in [0.2, 0.25) is 0 Å². The largest absolute Gasteiger partial charge is 0.491 e. The Morgan fingerprint density at radius 2 is 1.78 bits per heavy atom. The Labute approximate surface area is 109 Å². The number of hydrogen-bond donors (Lipinski definition) is 0. The molecule has 100 valence electrons. The van der Waals surface area contributed by atoms with Crippen LogP contribution < -0.4 is 4.74 Å². The quantitative estimate of drug-likeness (QED) is 0.719. The van der Waals surface area contributed by atoms with Crippen molar-refractivity contribution in [2.45, 2.75) is 52.7 Å². The van der Waals surface area contributed by atoms with Gasteiger partial charge in [-0.1, -0.05) is 26.0 Å². The van der Waals surface area contributed by atoms with Crippen LogP contribution in [0.1, 0.15) is 52.2 Å². The standard InChI is InChI=1S/C15H22O3/c1-5-11(3)17-14-9-7-13(8-10-14)12(4)18-15(16)6-2/h7-12H,5-6H2,1-4H3. The fourth-order valence-electron chi connectivity index (χ4n) is 1.48. The van der Waals surface area contributed by atoms with E-state index >= 15 is 0 Å². The van der Waals surface area contributed by atoms with Crippen molar-refractivity contribution in [1.82, 2.24) is 0 Å². The average Bonchev–Trinajstić information content (AvgIpc) is 2.39. The molecule has 0 aliphatic heterocycles. The van der Waals surface area contributed by atoms with E-state index in [4.69, 9.17) is 9.47 Å². The first-order chi connectivity index (χ1) is 8.56. The molecule has 0 heterocycles. The summed E-state index contributed by atoms with van der Waals surface area (Å²) in [5.74, 6) is 0.671. The fraction of sp³-hybridized carbons (Fsp3) is 0.533. The maximum atomic E-state index is 11.2. The molecule has 3 heteroatoms. The Morgan fingerprint density at radius 3 is 2.28 bits per heavy atom. The summed E-state index contributed by atoms with van der Waals surface area (Å²) in [4.78, 5) is 11.2. The summed E-state index contributed by atoms with van der Waals surface area (Å²) >= 11 is 0. The summed E-state index contributed by atoms with van der Waals surface area (Å²) < 4.78 is 10.9. The van der Waals surface area contributed by atoms with Crippen LogP contribution in [0.4, 0.5) is 0 Å². The normalized spacial score (nSPS) is 13.8. The van der Waals surface area contributed by atoms with Gasteiger partial charge in [-0.3, -0.25) is 4.79 Å². The molecule has 0 N–H and O–H groups in total. The van der Waals surface area contributed by atoms with Crippen molar-refractivity contribution in [1.29, 1.82) is 0 Å². The highest BCUT2D eigenvalue weighted by Gasteiger charge is 2.10. The third-order valence-corrected chi connectivity index (χ3v) is 2.86. The smallest absolute Gasteiger partial charge is 0.306 e. The molecule has 1 aromatic rings. The van der Waals surface area contributed by atoms with Gasteiger partial charge in [-0.25, -0.2) is 0 Å². The van der Waals surface area contributed by atoms with E-state index in [1.54, 1.807) is 6.92 Å². The molecule has 2 atom stereocenters. The zero-order valence-electron chi connectivity index (χ0n) is 11.6. The number of rotatable bonds is 6. The Morgan fingerprint density at radius 1 is 1.17 bits per heavy atom. The minimum Gasteiger partial charge on any atom is -0.491 e. The summed E-state index contributed by atoms with van der Waals surface area (Å²) in [6, 6.07) is 7.70. The van der Waals surface area contributed by atoms with Crippen LogP contribution in [0.3, 0.4) is 0 Å². The molecule has 18 heavy (non-hydrogen) atoms. The Kier molecular flexibility index (Phi) is 5.69. The van der Waals surface area contributed by atoms with E-state index in [0.29, 0.717) is 6.42 Å². The summed E-state index contributed by atoms with van der Waals surface area (Å²) in [5.41, 5.74) is 0.980. The van der Waals surface area contributed by atoms with Crippen LogP contribution in [0.15, 0.2) is 24.3 Å². The molecule has 1 aromatic carbocycles. The highest BCUT2D eigenvalue weighted by molar-refractivity contribution is 5.69. The molecule has 0 saturated carbocycles. The second-order valence-electron chi connectivity index (χ2n) is 4.39. The Hall–Kier alpha value is -1.51. The van der Waals surface area contributed by atoms with E-state index in [0.717, 1.165) is 17.7 Å². The molecule has 0 aromatic heterocycles. The lowest BCUT2D eigenvalue weighted by molar-refractivity contribution is -0.148. The second kappa shape index (κ2) is 7.04. The zero-order chi connectivity index (χ0) is 13.5. The Bertz CT molecular complexity index is 370. The third-order valence-electron chi connectivity index (χ3n) is 2.86. The predicted octanol–water partition coefficient (Wildman–Crippen LogP) is 3.88.